The summed E-state index contributed by atoms with van der Waals surface area (Å²) in [5.74, 6) is 3.60. The van der Waals surface area contributed by atoms with E-state index in [4.69, 9.17) is 12.2 Å². The first-order valence-corrected chi connectivity index (χ1v) is 4.05. The van der Waals surface area contributed by atoms with Crippen molar-refractivity contribution in [3.63, 3.8) is 0 Å². The first-order valence-electron chi connectivity index (χ1n) is 4.05. The predicted molar refractivity (Wildman–Crippen MR) is 53.2 cm³/mol. The normalized spacial score (nSPS) is 9.23. The minimum atomic E-state index is 0.271. The van der Waals surface area contributed by atoms with Crippen LogP contribution in [0.3, 0.4) is 0 Å². The van der Waals surface area contributed by atoms with Gasteiger partial charge in [0.25, 0.3) is 0 Å². The molecule has 4 nitrogen and oxygen atoms in total. The van der Waals surface area contributed by atoms with Crippen molar-refractivity contribution in [3.8, 4) is 12.3 Å². The van der Waals surface area contributed by atoms with Crippen LogP contribution in [-0.4, -0.2) is 23.1 Å². The van der Waals surface area contributed by atoms with Gasteiger partial charge in [0.05, 0.1) is 6.54 Å². The molecule has 0 atom stereocenters. The summed E-state index contributed by atoms with van der Waals surface area (Å²) in [6.45, 7) is 3.35. The van der Waals surface area contributed by atoms with Gasteiger partial charge in [-0.2, -0.15) is 4.98 Å². The summed E-state index contributed by atoms with van der Waals surface area (Å²) in [7, 11) is 0. The Balaban J connectivity index is 2.86. The fourth-order valence-electron chi connectivity index (χ4n) is 1.00. The van der Waals surface area contributed by atoms with Gasteiger partial charge in [-0.3, -0.25) is 0 Å². The molecule has 0 aliphatic carbocycles. The van der Waals surface area contributed by atoms with Crippen LogP contribution in [0.15, 0.2) is 12.3 Å². The van der Waals surface area contributed by atoms with E-state index in [1.807, 2.05) is 11.8 Å². The van der Waals surface area contributed by atoms with Gasteiger partial charge in [0.1, 0.15) is 5.82 Å². The fraction of sp³-hybridized carbons (Fsp3) is 0.333. The minimum Gasteiger partial charge on any atom is -0.368 e. The van der Waals surface area contributed by atoms with Gasteiger partial charge in [-0.05, 0) is 13.0 Å². The maximum absolute atomic E-state index is 5.45. The molecule has 13 heavy (non-hydrogen) atoms. The molecule has 0 radical (unpaired) electrons. The summed E-state index contributed by atoms with van der Waals surface area (Å²) in [5, 5.41) is 0. The molecular weight excluding hydrogens is 164 g/mol. The van der Waals surface area contributed by atoms with E-state index in [1.165, 1.54) is 0 Å². The van der Waals surface area contributed by atoms with Crippen LogP contribution in [-0.2, 0) is 0 Å². The van der Waals surface area contributed by atoms with Gasteiger partial charge >= 0.3 is 0 Å². The summed E-state index contributed by atoms with van der Waals surface area (Å²) < 4.78 is 0. The van der Waals surface area contributed by atoms with E-state index in [0.717, 1.165) is 12.4 Å². The van der Waals surface area contributed by atoms with Crippen LogP contribution in [0.25, 0.3) is 0 Å². The minimum absolute atomic E-state index is 0.271. The molecule has 1 rings (SSSR count). The molecule has 0 saturated carbocycles. The van der Waals surface area contributed by atoms with Crippen molar-refractivity contribution in [1.29, 1.82) is 0 Å². The molecule has 1 aromatic rings. The van der Waals surface area contributed by atoms with E-state index in [2.05, 4.69) is 15.9 Å². The molecule has 0 saturated heterocycles. The standard InChI is InChI=1S/C9H12N4/c1-3-7-13(4-2)8-5-6-11-9(10)12-8/h1,5-6H,4,7H2,2H3,(H2,10,11,12). The van der Waals surface area contributed by atoms with Gasteiger partial charge in [-0.1, -0.05) is 5.92 Å². The molecule has 0 fully saturated rings. The van der Waals surface area contributed by atoms with E-state index in [0.29, 0.717) is 6.54 Å². The topological polar surface area (TPSA) is 55.0 Å². The van der Waals surface area contributed by atoms with E-state index >= 15 is 0 Å². The van der Waals surface area contributed by atoms with Gasteiger partial charge < -0.3 is 10.6 Å². The molecule has 0 spiro atoms. The summed E-state index contributed by atoms with van der Waals surface area (Å²) in [4.78, 5) is 9.81. The Morgan fingerprint density at radius 2 is 2.46 bits per heavy atom. The Bertz CT molecular complexity index is 316. The molecule has 68 valence electrons. The number of rotatable bonds is 3. The highest BCUT2D eigenvalue weighted by atomic mass is 15.2. The molecule has 1 heterocycles. The largest absolute Gasteiger partial charge is 0.368 e. The quantitative estimate of drug-likeness (QED) is 0.682. The maximum Gasteiger partial charge on any atom is 0.221 e. The Labute approximate surface area is 77.8 Å². The third-order valence-corrected chi connectivity index (χ3v) is 1.65. The number of anilines is 2. The second-order valence-corrected chi connectivity index (χ2v) is 2.49. The number of nitrogens with two attached hydrogens (primary N) is 1. The Morgan fingerprint density at radius 1 is 1.69 bits per heavy atom. The lowest BCUT2D eigenvalue weighted by molar-refractivity contribution is 0.889. The lowest BCUT2D eigenvalue weighted by Gasteiger charge is -2.18. The van der Waals surface area contributed by atoms with E-state index in [-0.39, 0.29) is 5.95 Å². The van der Waals surface area contributed by atoms with Crippen molar-refractivity contribution >= 4 is 11.8 Å². The summed E-state index contributed by atoms with van der Waals surface area (Å²) >= 11 is 0. The molecule has 0 bridgehead atoms. The average molecular weight is 176 g/mol. The van der Waals surface area contributed by atoms with Crippen molar-refractivity contribution in [1.82, 2.24) is 9.97 Å². The highest BCUT2D eigenvalue weighted by molar-refractivity contribution is 5.41. The zero-order chi connectivity index (χ0) is 9.68. The zero-order valence-electron chi connectivity index (χ0n) is 7.57. The van der Waals surface area contributed by atoms with Crippen molar-refractivity contribution in [2.75, 3.05) is 23.7 Å². The van der Waals surface area contributed by atoms with Gasteiger partial charge in [0.2, 0.25) is 5.95 Å². The van der Waals surface area contributed by atoms with Crippen molar-refractivity contribution in [2.45, 2.75) is 6.92 Å². The molecule has 0 aliphatic heterocycles. The first-order chi connectivity index (χ1) is 6.27. The van der Waals surface area contributed by atoms with Crippen molar-refractivity contribution in [2.24, 2.45) is 0 Å². The first kappa shape index (κ1) is 9.33. The van der Waals surface area contributed by atoms with Gasteiger partial charge in [-0.25, -0.2) is 4.98 Å². The number of nitrogen functional groups attached to an aromatic ring is 1. The fourth-order valence-corrected chi connectivity index (χ4v) is 1.00. The van der Waals surface area contributed by atoms with Crippen LogP contribution < -0.4 is 10.6 Å². The van der Waals surface area contributed by atoms with Crippen LogP contribution in [0.2, 0.25) is 0 Å². The van der Waals surface area contributed by atoms with Crippen LogP contribution in [0.5, 0.6) is 0 Å². The zero-order valence-corrected chi connectivity index (χ0v) is 7.57. The lowest BCUT2D eigenvalue weighted by Crippen LogP contribution is -2.24. The van der Waals surface area contributed by atoms with Gasteiger partial charge in [-0.15, -0.1) is 6.42 Å². The van der Waals surface area contributed by atoms with Gasteiger partial charge in [0.15, 0.2) is 0 Å². The molecule has 2 N–H and O–H groups in total. The Kier molecular flexibility index (Phi) is 3.09. The highest BCUT2D eigenvalue weighted by Gasteiger charge is 2.03. The van der Waals surface area contributed by atoms with Gasteiger partial charge in [0, 0.05) is 12.7 Å². The van der Waals surface area contributed by atoms with Crippen LogP contribution >= 0.6 is 0 Å². The van der Waals surface area contributed by atoms with Crippen LogP contribution in [0, 0.1) is 12.3 Å². The Morgan fingerprint density at radius 3 is 3.00 bits per heavy atom. The summed E-state index contributed by atoms with van der Waals surface area (Å²) in [5.41, 5.74) is 5.45. The van der Waals surface area contributed by atoms with E-state index in [9.17, 15) is 0 Å². The van der Waals surface area contributed by atoms with Crippen molar-refractivity contribution < 1.29 is 0 Å². The number of hydrogen-bond donors (Lipinski definition) is 1. The summed E-state index contributed by atoms with van der Waals surface area (Å²) in [6, 6.07) is 1.79. The predicted octanol–water partition coefficient (Wildman–Crippen LogP) is 0.518. The highest BCUT2D eigenvalue weighted by Crippen LogP contribution is 2.09. The van der Waals surface area contributed by atoms with E-state index in [1.54, 1.807) is 12.3 Å². The number of terminal acetylenes is 1. The Hall–Kier alpha value is -1.76. The van der Waals surface area contributed by atoms with Crippen molar-refractivity contribution in [3.05, 3.63) is 12.3 Å². The maximum atomic E-state index is 5.45. The molecule has 1 aromatic heterocycles. The SMILES string of the molecule is C#CCN(CC)c1ccnc(N)n1. The summed E-state index contributed by atoms with van der Waals surface area (Å²) in [6.07, 6.45) is 6.84. The van der Waals surface area contributed by atoms with E-state index < -0.39 is 0 Å². The third-order valence-electron chi connectivity index (χ3n) is 1.65. The second kappa shape index (κ2) is 4.31. The molecular formula is C9H12N4. The molecule has 0 aromatic carbocycles. The lowest BCUT2D eigenvalue weighted by atomic mass is 10.4. The smallest absolute Gasteiger partial charge is 0.221 e. The number of hydrogen-bond acceptors (Lipinski definition) is 4. The van der Waals surface area contributed by atoms with Crippen LogP contribution in [0.1, 0.15) is 6.92 Å². The molecule has 0 aliphatic rings. The number of nitrogens with zero attached hydrogens (tertiary/aromatic N) is 3. The third kappa shape index (κ3) is 2.34. The number of aromatic nitrogens is 2. The van der Waals surface area contributed by atoms with Crippen LogP contribution in [0.4, 0.5) is 11.8 Å². The second-order valence-electron chi connectivity index (χ2n) is 2.49. The molecule has 0 unspecified atom stereocenters. The molecule has 4 heteroatoms. The monoisotopic (exact) mass is 176 g/mol. The average Bonchev–Trinajstić information content (AvgIpc) is 2.14. The molecule has 0 amide bonds.